The second-order valence-electron chi connectivity index (χ2n) is 3.14. The van der Waals surface area contributed by atoms with E-state index in [1.54, 1.807) is 6.92 Å². The Kier molecular flexibility index (Phi) is 2.53. The van der Waals surface area contributed by atoms with Gasteiger partial charge in [0.2, 0.25) is 0 Å². The number of nitrogens with two attached hydrogens (primary N) is 1. The first kappa shape index (κ1) is 11.0. The summed E-state index contributed by atoms with van der Waals surface area (Å²) in [5.41, 5.74) is 2.73. The van der Waals surface area contributed by atoms with Crippen molar-refractivity contribution in [2.45, 2.75) is 32.1 Å². The van der Waals surface area contributed by atoms with Crippen LogP contribution in [0.5, 0.6) is 0 Å². The molecule has 2 N–H and O–H groups in total. The van der Waals surface area contributed by atoms with Gasteiger partial charge in [0.15, 0.2) is 11.4 Å². The van der Waals surface area contributed by atoms with E-state index in [9.17, 15) is 13.2 Å². The van der Waals surface area contributed by atoms with Gasteiger partial charge in [-0.2, -0.15) is 13.2 Å². The molecule has 14 heavy (non-hydrogen) atoms. The van der Waals surface area contributed by atoms with Gasteiger partial charge in [0, 0.05) is 6.54 Å². The highest BCUT2D eigenvalue weighted by molar-refractivity contribution is 5.06. The van der Waals surface area contributed by atoms with Crippen LogP contribution in [0.25, 0.3) is 0 Å². The Bertz CT molecular complexity index is 315. The molecule has 1 rings (SSSR count). The lowest BCUT2D eigenvalue weighted by Gasteiger charge is -2.26. The maximum Gasteiger partial charge on any atom is 0.413 e. The normalized spacial score (nSPS) is 16.7. The summed E-state index contributed by atoms with van der Waals surface area (Å²) in [6.07, 6.45) is -3.31. The standard InChI is InChI=1S/C7H11F3N4/c1-3-14-4-12-13-5(14)6(2,11)7(8,9)10/h4H,3,11H2,1-2H3. The fourth-order valence-electron chi connectivity index (χ4n) is 1.02. The SMILES string of the molecule is CCn1cnnc1C(C)(N)C(F)(F)F. The summed E-state index contributed by atoms with van der Waals surface area (Å²) in [6, 6.07) is 0. The number of alkyl halides is 3. The summed E-state index contributed by atoms with van der Waals surface area (Å²) < 4.78 is 38.8. The summed E-state index contributed by atoms with van der Waals surface area (Å²) >= 11 is 0. The molecule has 0 aliphatic rings. The molecule has 0 spiro atoms. The summed E-state index contributed by atoms with van der Waals surface area (Å²) in [6.45, 7) is 2.92. The van der Waals surface area contributed by atoms with Crippen LogP contribution in [-0.4, -0.2) is 20.9 Å². The molecule has 1 atom stereocenters. The monoisotopic (exact) mass is 208 g/mol. The molecule has 0 saturated heterocycles. The lowest BCUT2D eigenvalue weighted by atomic mass is 10.0. The minimum Gasteiger partial charge on any atom is -0.316 e. The third-order valence-electron chi connectivity index (χ3n) is 2.01. The van der Waals surface area contributed by atoms with Crippen molar-refractivity contribution < 1.29 is 13.2 Å². The molecule has 1 unspecified atom stereocenters. The van der Waals surface area contributed by atoms with Crippen LogP contribution in [0.4, 0.5) is 13.2 Å². The van der Waals surface area contributed by atoms with Gasteiger partial charge in [0.25, 0.3) is 0 Å². The molecule has 0 aromatic carbocycles. The Morgan fingerprint density at radius 3 is 2.50 bits per heavy atom. The molecule has 1 aromatic rings. The second-order valence-corrected chi connectivity index (χ2v) is 3.14. The molecular formula is C7H11F3N4. The largest absolute Gasteiger partial charge is 0.413 e. The van der Waals surface area contributed by atoms with Crippen molar-refractivity contribution in [2.24, 2.45) is 5.73 Å². The molecule has 0 aliphatic carbocycles. The van der Waals surface area contributed by atoms with Crippen LogP contribution in [0.1, 0.15) is 19.7 Å². The molecule has 1 heterocycles. The van der Waals surface area contributed by atoms with Crippen molar-refractivity contribution in [3.63, 3.8) is 0 Å². The van der Waals surface area contributed by atoms with Crippen LogP contribution in [0.3, 0.4) is 0 Å². The molecule has 0 fully saturated rings. The number of aryl methyl sites for hydroxylation is 1. The van der Waals surface area contributed by atoms with Gasteiger partial charge in [0.05, 0.1) is 0 Å². The fourth-order valence-corrected chi connectivity index (χ4v) is 1.02. The molecule has 0 amide bonds. The van der Waals surface area contributed by atoms with Crippen molar-refractivity contribution >= 4 is 0 Å². The van der Waals surface area contributed by atoms with Crippen molar-refractivity contribution in [1.82, 2.24) is 14.8 Å². The van der Waals surface area contributed by atoms with Crippen LogP contribution in [-0.2, 0) is 12.1 Å². The lowest BCUT2D eigenvalue weighted by Crippen LogP contribution is -2.49. The van der Waals surface area contributed by atoms with E-state index in [4.69, 9.17) is 5.73 Å². The first-order chi connectivity index (χ1) is 6.30. The first-order valence-corrected chi connectivity index (χ1v) is 4.04. The third kappa shape index (κ3) is 1.59. The highest BCUT2D eigenvalue weighted by Gasteiger charge is 2.52. The van der Waals surface area contributed by atoms with Crippen molar-refractivity contribution in [1.29, 1.82) is 0 Å². The number of hydrogen-bond donors (Lipinski definition) is 1. The van der Waals surface area contributed by atoms with Crippen LogP contribution >= 0.6 is 0 Å². The van der Waals surface area contributed by atoms with E-state index in [1.165, 1.54) is 10.9 Å². The van der Waals surface area contributed by atoms with Gasteiger partial charge < -0.3 is 10.3 Å². The Morgan fingerprint density at radius 1 is 1.50 bits per heavy atom. The van der Waals surface area contributed by atoms with Crippen LogP contribution in [0.15, 0.2) is 6.33 Å². The zero-order valence-electron chi connectivity index (χ0n) is 7.84. The topological polar surface area (TPSA) is 56.7 Å². The zero-order chi connectivity index (χ0) is 11.0. The summed E-state index contributed by atoms with van der Waals surface area (Å²) in [4.78, 5) is 0. The van der Waals surface area contributed by atoms with E-state index in [0.717, 1.165) is 6.92 Å². The van der Waals surface area contributed by atoms with Crippen LogP contribution in [0.2, 0.25) is 0 Å². The molecule has 0 bridgehead atoms. The van der Waals surface area contributed by atoms with Gasteiger partial charge in [-0.1, -0.05) is 0 Å². The van der Waals surface area contributed by atoms with Crippen molar-refractivity contribution in [2.75, 3.05) is 0 Å². The number of halogens is 3. The predicted octanol–water partition coefficient (Wildman–Crippen LogP) is 1.03. The molecule has 4 nitrogen and oxygen atoms in total. The summed E-state index contributed by atoms with van der Waals surface area (Å²) in [5.74, 6) is -0.271. The quantitative estimate of drug-likeness (QED) is 0.789. The van der Waals surface area contributed by atoms with Crippen LogP contribution < -0.4 is 5.73 Å². The molecule has 0 radical (unpaired) electrons. The maximum atomic E-state index is 12.5. The Labute approximate surface area is 78.9 Å². The van der Waals surface area contributed by atoms with E-state index in [2.05, 4.69) is 10.2 Å². The number of aromatic nitrogens is 3. The van der Waals surface area contributed by atoms with E-state index < -0.39 is 11.7 Å². The summed E-state index contributed by atoms with van der Waals surface area (Å²) in [5, 5.41) is 6.80. The van der Waals surface area contributed by atoms with Crippen molar-refractivity contribution in [3.8, 4) is 0 Å². The van der Waals surface area contributed by atoms with Crippen LogP contribution in [0, 0.1) is 0 Å². The Hall–Kier alpha value is -1.11. The van der Waals surface area contributed by atoms with Gasteiger partial charge >= 0.3 is 6.18 Å². The van der Waals surface area contributed by atoms with Gasteiger partial charge in [-0.05, 0) is 13.8 Å². The van der Waals surface area contributed by atoms with Gasteiger partial charge in [-0.3, -0.25) is 0 Å². The minimum atomic E-state index is -4.53. The smallest absolute Gasteiger partial charge is 0.316 e. The summed E-state index contributed by atoms with van der Waals surface area (Å²) in [7, 11) is 0. The Morgan fingerprint density at radius 2 is 2.07 bits per heavy atom. The zero-order valence-corrected chi connectivity index (χ0v) is 7.84. The molecule has 0 saturated carbocycles. The van der Waals surface area contributed by atoms with Crippen molar-refractivity contribution in [3.05, 3.63) is 12.2 Å². The number of rotatable bonds is 2. The second kappa shape index (κ2) is 3.23. The average Bonchev–Trinajstić information content (AvgIpc) is 2.49. The van der Waals surface area contributed by atoms with Gasteiger partial charge in [-0.15, -0.1) is 10.2 Å². The minimum absolute atomic E-state index is 0.271. The molecule has 7 heteroatoms. The lowest BCUT2D eigenvalue weighted by molar-refractivity contribution is -0.187. The van der Waals surface area contributed by atoms with E-state index >= 15 is 0 Å². The molecule has 80 valence electrons. The molecular weight excluding hydrogens is 197 g/mol. The first-order valence-electron chi connectivity index (χ1n) is 4.04. The Balaban J connectivity index is 3.16. The molecule has 1 aromatic heterocycles. The third-order valence-corrected chi connectivity index (χ3v) is 2.01. The molecule has 0 aliphatic heterocycles. The van der Waals surface area contributed by atoms with Gasteiger partial charge in [0.1, 0.15) is 6.33 Å². The fraction of sp³-hybridized carbons (Fsp3) is 0.714. The van der Waals surface area contributed by atoms with E-state index in [0.29, 0.717) is 6.54 Å². The number of nitrogens with zero attached hydrogens (tertiary/aromatic N) is 3. The average molecular weight is 208 g/mol. The van der Waals surface area contributed by atoms with E-state index in [-0.39, 0.29) is 5.82 Å². The highest BCUT2D eigenvalue weighted by atomic mass is 19.4. The van der Waals surface area contributed by atoms with Gasteiger partial charge in [-0.25, -0.2) is 0 Å². The maximum absolute atomic E-state index is 12.5. The predicted molar refractivity (Wildman–Crippen MR) is 43.3 cm³/mol. The highest BCUT2D eigenvalue weighted by Crippen LogP contribution is 2.34. The van der Waals surface area contributed by atoms with E-state index in [1.807, 2.05) is 0 Å². The number of hydrogen-bond acceptors (Lipinski definition) is 3.